The van der Waals surface area contributed by atoms with Crippen LogP contribution in [0.5, 0.6) is 5.75 Å². The Morgan fingerprint density at radius 1 is 1.27 bits per heavy atom. The van der Waals surface area contributed by atoms with Gasteiger partial charge >= 0.3 is 5.57 Å². The summed E-state index contributed by atoms with van der Waals surface area (Å²) in [5, 5.41) is 5.84. The number of carbonyl (C=O) groups is 1. The lowest BCUT2D eigenvalue weighted by atomic mass is 10.1. The lowest BCUT2D eigenvalue weighted by Gasteiger charge is -2.16. The molecular formula is C17H17BrClF2N3O2. The molecule has 0 atom stereocenters. The molecule has 9 heteroatoms. The van der Waals surface area contributed by atoms with Crippen LogP contribution in [0, 0.1) is 0 Å². The lowest BCUT2D eigenvalue weighted by Crippen LogP contribution is -2.16. The Kier molecular flexibility index (Phi) is 6.30. The number of rotatable bonds is 6. The summed E-state index contributed by atoms with van der Waals surface area (Å²) in [5.41, 5.74) is 4.09. The molecule has 140 valence electrons. The van der Waals surface area contributed by atoms with Crippen molar-refractivity contribution in [2.75, 3.05) is 16.4 Å². The van der Waals surface area contributed by atoms with E-state index in [9.17, 15) is 13.6 Å². The molecule has 0 fully saturated rings. The van der Waals surface area contributed by atoms with Crippen LogP contribution in [0.4, 0.5) is 25.8 Å². The molecule has 0 aliphatic rings. The molecule has 4 N–H and O–H groups in total. The normalized spacial score (nSPS) is 11.3. The quantitative estimate of drug-likeness (QED) is 0.415. The Morgan fingerprint density at radius 2 is 1.88 bits per heavy atom. The van der Waals surface area contributed by atoms with Crippen molar-refractivity contribution in [1.82, 2.24) is 0 Å². The largest absolute Gasteiger partial charge is 0.487 e. The summed E-state index contributed by atoms with van der Waals surface area (Å²) in [6.07, 6.45) is 0. The maximum atomic E-state index is 12.6. The molecule has 2 rings (SSSR count). The first-order valence-electron chi connectivity index (χ1n) is 7.58. The topological polar surface area (TPSA) is 76.4 Å². The third-order valence-electron chi connectivity index (χ3n) is 3.16. The lowest BCUT2D eigenvalue weighted by molar-refractivity contribution is -0.0964. The van der Waals surface area contributed by atoms with Crippen LogP contribution in [0.25, 0.3) is 0 Å². The number of benzene rings is 2. The van der Waals surface area contributed by atoms with Gasteiger partial charge in [-0.05, 0) is 66.2 Å². The molecule has 0 spiro atoms. The number of ether oxygens (including phenoxy) is 1. The standard InChI is InChI=1S/C17H17BrClF2N3O2/c1-9(2)23-15-13(18)7-10(8-14(15)22)16(25)24-11-3-5-12(6-4-11)26-17(19,20)21/h3-9,23H,22H2,1-2H3,(H,24,25). The molecule has 0 bridgehead atoms. The van der Waals surface area contributed by atoms with E-state index in [0.717, 1.165) is 0 Å². The summed E-state index contributed by atoms with van der Waals surface area (Å²) < 4.78 is 30.0. The van der Waals surface area contributed by atoms with E-state index in [2.05, 4.69) is 31.3 Å². The number of nitrogens with two attached hydrogens (primary N) is 1. The van der Waals surface area contributed by atoms with Gasteiger partial charge < -0.3 is 21.1 Å². The van der Waals surface area contributed by atoms with Crippen molar-refractivity contribution in [3.05, 3.63) is 46.4 Å². The molecular weight excluding hydrogens is 432 g/mol. The molecule has 0 aliphatic carbocycles. The third-order valence-corrected chi connectivity index (χ3v) is 3.86. The van der Waals surface area contributed by atoms with Crippen molar-refractivity contribution in [3.8, 4) is 5.75 Å². The van der Waals surface area contributed by atoms with E-state index in [-0.39, 0.29) is 11.8 Å². The first-order valence-corrected chi connectivity index (χ1v) is 8.75. The number of anilines is 3. The van der Waals surface area contributed by atoms with Crippen molar-refractivity contribution in [2.24, 2.45) is 0 Å². The van der Waals surface area contributed by atoms with Gasteiger partial charge in [-0.2, -0.15) is 0 Å². The molecule has 0 unspecified atom stereocenters. The fraction of sp³-hybridized carbons (Fsp3) is 0.235. The number of nitrogen functional groups attached to an aromatic ring is 1. The zero-order valence-electron chi connectivity index (χ0n) is 13.9. The Labute approximate surface area is 163 Å². The van der Waals surface area contributed by atoms with E-state index in [1.807, 2.05) is 13.8 Å². The fourth-order valence-corrected chi connectivity index (χ4v) is 2.82. The minimum atomic E-state index is -3.79. The van der Waals surface area contributed by atoms with Crippen LogP contribution >= 0.6 is 27.5 Å². The zero-order valence-corrected chi connectivity index (χ0v) is 16.3. The van der Waals surface area contributed by atoms with Crippen molar-refractivity contribution >= 4 is 50.5 Å². The van der Waals surface area contributed by atoms with Gasteiger partial charge in [0.05, 0.1) is 11.4 Å². The number of carbonyl (C=O) groups excluding carboxylic acids is 1. The van der Waals surface area contributed by atoms with E-state index >= 15 is 0 Å². The Hall–Kier alpha value is -2.06. The second kappa shape index (κ2) is 8.09. The number of halogens is 4. The average Bonchev–Trinajstić information content (AvgIpc) is 2.51. The molecule has 26 heavy (non-hydrogen) atoms. The second-order valence-corrected chi connectivity index (χ2v) is 7.04. The Bertz CT molecular complexity index is 773. The summed E-state index contributed by atoms with van der Waals surface area (Å²) in [7, 11) is 0. The van der Waals surface area contributed by atoms with Crippen molar-refractivity contribution in [1.29, 1.82) is 0 Å². The fourth-order valence-electron chi connectivity index (χ4n) is 2.14. The highest BCUT2D eigenvalue weighted by Gasteiger charge is 2.27. The van der Waals surface area contributed by atoms with Gasteiger partial charge in [0.1, 0.15) is 5.75 Å². The summed E-state index contributed by atoms with van der Waals surface area (Å²) in [5.74, 6) is -0.524. The van der Waals surface area contributed by atoms with Gasteiger partial charge in [0.25, 0.3) is 5.91 Å². The van der Waals surface area contributed by atoms with E-state index in [0.29, 0.717) is 27.1 Å². The Balaban J connectivity index is 2.12. The zero-order chi connectivity index (χ0) is 19.5. The van der Waals surface area contributed by atoms with Crippen LogP contribution in [0.3, 0.4) is 0 Å². The van der Waals surface area contributed by atoms with E-state index in [4.69, 9.17) is 17.3 Å². The molecule has 0 aliphatic heterocycles. The highest BCUT2D eigenvalue weighted by Crippen LogP contribution is 2.31. The number of nitrogens with one attached hydrogen (secondary N) is 2. The van der Waals surface area contributed by atoms with Crippen molar-refractivity contribution in [2.45, 2.75) is 25.5 Å². The number of amides is 1. The minimum Gasteiger partial charge on any atom is -0.420 e. The molecule has 2 aromatic carbocycles. The molecule has 2 aromatic rings. The molecule has 0 radical (unpaired) electrons. The van der Waals surface area contributed by atoms with Crippen LogP contribution in [-0.4, -0.2) is 17.5 Å². The molecule has 0 heterocycles. The van der Waals surface area contributed by atoms with Crippen molar-refractivity contribution < 1.29 is 18.3 Å². The van der Waals surface area contributed by atoms with Gasteiger partial charge in [0, 0.05) is 33.4 Å². The highest BCUT2D eigenvalue weighted by molar-refractivity contribution is 9.10. The van der Waals surface area contributed by atoms with Crippen LogP contribution < -0.4 is 21.1 Å². The number of alkyl halides is 3. The van der Waals surface area contributed by atoms with Gasteiger partial charge in [0.2, 0.25) is 0 Å². The van der Waals surface area contributed by atoms with Gasteiger partial charge in [0.15, 0.2) is 0 Å². The van der Waals surface area contributed by atoms with Gasteiger partial charge in [-0.15, -0.1) is 8.78 Å². The van der Waals surface area contributed by atoms with Crippen LogP contribution in [0.15, 0.2) is 40.9 Å². The summed E-state index contributed by atoms with van der Waals surface area (Å²) in [6.45, 7) is 3.94. The maximum Gasteiger partial charge on any atom is 0.487 e. The van der Waals surface area contributed by atoms with E-state index in [1.54, 1.807) is 12.1 Å². The summed E-state index contributed by atoms with van der Waals surface area (Å²) in [4.78, 5) is 12.4. The van der Waals surface area contributed by atoms with Gasteiger partial charge in [-0.25, -0.2) is 0 Å². The number of hydrogen-bond donors (Lipinski definition) is 3. The summed E-state index contributed by atoms with van der Waals surface area (Å²) >= 11 is 8.09. The minimum absolute atomic E-state index is 0.126. The molecule has 0 aromatic heterocycles. The summed E-state index contributed by atoms with van der Waals surface area (Å²) in [6, 6.07) is 8.75. The molecule has 0 saturated heterocycles. The predicted molar refractivity (Wildman–Crippen MR) is 103 cm³/mol. The Morgan fingerprint density at radius 3 is 2.38 bits per heavy atom. The molecule has 1 amide bonds. The van der Waals surface area contributed by atoms with Crippen LogP contribution in [0.1, 0.15) is 24.2 Å². The average molecular weight is 449 g/mol. The first kappa shape index (κ1) is 20.3. The molecule has 0 saturated carbocycles. The van der Waals surface area contributed by atoms with Crippen LogP contribution in [-0.2, 0) is 0 Å². The monoisotopic (exact) mass is 447 g/mol. The molecule has 5 nitrogen and oxygen atoms in total. The smallest absolute Gasteiger partial charge is 0.420 e. The second-order valence-electron chi connectivity index (χ2n) is 5.75. The van der Waals surface area contributed by atoms with Gasteiger partial charge in [-0.1, -0.05) is 0 Å². The SMILES string of the molecule is CC(C)Nc1c(N)cc(C(=O)Nc2ccc(OC(F)(F)Cl)cc2)cc1Br. The predicted octanol–water partition coefficient (Wildman–Crippen LogP) is 5.27. The van der Waals surface area contributed by atoms with E-state index < -0.39 is 11.5 Å². The van der Waals surface area contributed by atoms with E-state index in [1.165, 1.54) is 24.3 Å². The third kappa shape index (κ3) is 5.74. The van der Waals surface area contributed by atoms with Crippen LogP contribution in [0.2, 0.25) is 0 Å². The highest BCUT2D eigenvalue weighted by atomic mass is 79.9. The maximum absolute atomic E-state index is 12.6. The van der Waals surface area contributed by atoms with Crippen molar-refractivity contribution in [3.63, 3.8) is 0 Å². The van der Waals surface area contributed by atoms with Gasteiger partial charge in [-0.3, -0.25) is 4.79 Å². The number of hydrogen-bond acceptors (Lipinski definition) is 4. The first-order chi connectivity index (χ1) is 12.0.